The Bertz CT molecular complexity index is 358. The van der Waals surface area contributed by atoms with Gasteiger partial charge in [0.2, 0.25) is 0 Å². The molecular weight excluding hydrogens is 286 g/mol. The van der Waals surface area contributed by atoms with Gasteiger partial charge >= 0.3 is 0 Å². The van der Waals surface area contributed by atoms with Crippen LogP contribution in [0.2, 0.25) is 0 Å². The first-order valence-corrected chi connectivity index (χ1v) is 6.31. The second-order valence-electron chi connectivity index (χ2n) is 3.74. The van der Waals surface area contributed by atoms with E-state index in [1.807, 2.05) is 19.1 Å². The molecule has 0 heterocycles. The van der Waals surface area contributed by atoms with Crippen molar-refractivity contribution in [3.05, 3.63) is 27.7 Å². The first-order chi connectivity index (χ1) is 8.15. The lowest BCUT2D eigenvalue weighted by molar-refractivity contribution is 0.0938. The Hall–Kier alpha value is -0.620. The van der Waals surface area contributed by atoms with Crippen LogP contribution in [-0.4, -0.2) is 36.6 Å². The number of aromatic hydroxyl groups is 1. The number of nitrogens with one attached hydrogen (secondary N) is 1. The van der Waals surface area contributed by atoms with Gasteiger partial charge in [0.05, 0.1) is 19.8 Å². The number of phenolic OH excluding ortho intramolecular Hbond substituents is 1. The monoisotopic (exact) mass is 303 g/mol. The van der Waals surface area contributed by atoms with E-state index < -0.39 is 0 Å². The third kappa shape index (κ3) is 5.04. The van der Waals surface area contributed by atoms with Gasteiger partial charge < -0.3 is 20.3 Å². The van der Waals surface area contributed by atoms with Gasteiger partial charge in [0.25, 0.3) is 0 Å². The zero-order valence-electron chi connectivity index (χ0n) is 9.87. The Morgan fingerprint density at radius 1 is 1.35 bits per heavy atom. The molecule has 96 valence electrons. The van der Waals surface area contributed by atoms with Crippen LogP contribution in [0.5, 0.6) is 5.75 Å². The van der Waals surface area contributed by atoms with Gasteiger partial charge in [-0.2, -0.15) is 0 Å². The van der Waals surface area contributed by atoms with Crippen LogP contribution in [0.4, 0.5) is 0 Å². The second-order valence-corrected chi connectivity index (χ2v) is 4.66. The van der Waals surface area contributed by atoms with Crippen molar-refractivity contribution in [2.75, 3.05) is 26.4 Å². The van der Waals surface area contributed by atoms with E-state index in [1.165, 1.54) is 0 Å². The summed E-state index contributed by atoms with van der Waals surface area (Å²) in [6, 6.07) is 3.77. The maximum atomic E-state index is 9.84. The van der Waals surface area contributed by atoms with Crippen molar-refractivity contribution in [1.29, 1.82) is 0 Å². The van der Waals surface area contributed by atoms with Crippen LogP contribution in [0.15, 0.2) is 16.6 Å². The molecule has 0 aromatic heterocycles. The summed E-state index contributed by atoms with van der Waals surface area (Å²) < 4.78 is 6.07. The van der Waals surface area contributed by atoms with Crippen molar-refractivity contribution in [3.63, 3.8) is 0 Å². The fourth-order valence-electron chi connectivity index (χ4n) is 1.47. The second kappa shape index (κ2) is 7.66. The molecule has 17 heavy (non-hydrogen) atoms. The molecule has 0 saturated heterocycles. The zero-order chi connectivity index (χ0) is 12.7. The average Bonchev–Trinajstić information content (AvgIpc) is 2.29. The summed E-state index contributed by atoms with van der Waals surface area (Å²) in [7, 11) is 0. The summed E-state index contributed by atoms with van der Waals surface area (Å²) in [5, 5.41) is 21.5. The zero-order valence-corrected chi connectivity index (χ0v) is 11.5. The van der Waals surface area contributed by atoms with Crippen molar-refractivity contribution in [1.82, 2.24) is 5.32 Å². The van der Waals surface area contributed by atoms with Gasteiger partial charge in [0.1, 0.15) is 5.75 Å². The lowest BCUT2D eigenvalue weighted by atomic mass is 10.1. The number of hydrogen-bond acceptors (Lipinski definition) is 4. The third-order valence-electron chi connectivity index (χ3n) is 2.32. The van der Waals surface area contributed by atoms with Crippen molar-refractivity contribution in [3.8, 4) is 5.75 Å². The standard InChI is InChI=1S/C12H18BrNO3/c1-9-6-11(13)7-10(12(9)16)8-14-2-4-17-5-3-15/h6-7,14-16H,2-5,8H2,1H3. The van der Waals surface area contributed by atoms with Gasteiger partial charge in [-0.1, -0.05) is 15.9 Å². The van der Waals surface area contributed by atoms with Crippen LogP contribution in [0, 0.1) is 6.92 Å². The molecule has 1 rings (SSSR count). The maximum absolute atomic E-state index is 9.84. The Morgan fingerprint density at radius 2 is 2.12 bits per heavy atom. The number of aliphatic hydroxyl groups excluding tert-OH is 1. The molecule has 0 aliphatic heterocycles. The molecule has 1 aromatic carbocycles. The summed E-state index contributed by atoms with van der Waals surface area (Å²) in [6.45, 7) is 4.11. The van der Waals surface area contributed by atoms with Crippen LogP contribution >= 0.6 is 15.9 Å². The number of benzene rings is 1. The number of aryl methyl sites for hydroxylation is 1. The number of aliphatic hydroxyl groups is 1. The van der Waals surface area contributed by atoms with Gasteiger partial charge in [0, 0.05) is 23.1 Å². The Kier molecular flexibility index (Phi) is 6.50. The number of phenols is 1. The highest BCUT2D eigenvalue weighted by Crippen LogP contribution is 2.26. The molecule has 0 amide bonds. The van der Waals surface area contributed by atoms with E-state index in [2.05, 4.69) is 21.2 Å². The lowest BCUT2D eigenvalue weighted by Gasteiger charge is -2.09. The van der Waals surface area contributed by atoms with E-state index >= 15 is 0 Å². The molecule has 3 N–H and O–H groups in total. The fourth-order valence-corrected chi connectivity index (χ4v) is 2.09. The first-order valence-electron chi connectivity index (χ1n) is 5.52. The summed E-state index contributed by atoms with van der Waals surface area (Å²) in [5.74, 6) is 0.331. The van der Waals surface area contributed by atoms with E-state index in [-0.39, 0.29) is 6.61 Å². The number of rotatable bonds is 7. The van der Waals surface area contributed by atoms with E-state index in [9.17, 15) is 5.11 Å². The third-order valence-corrected chi connectivity index (χ3v) is 2.78. The Labute approximate surface area is 110 Å². The molecule has 0 bridgehead atoms. The van der Waals surface area contributed by atoms with Gasteiger partial charge in [-0.05, 0) is 24.6 Å². The molecule has 0 aliphatic rings. The van der Waals surface area contributed by atoms with Crippen molar-refractivity contribution >= 4 is 15.9 Å². The summed E-state index contributed by atoms with van der Waals surface area (Å²) >= 11 is 3.40. The van der Waals surface area contributed by atoms with Crippen molar-refractivity contribution < 1.29 is 14.9 Å². The van der Waals surface area contributed by atoms with Crippen molar-refractivity contribution in [2.24, 2.45) is 0 Å². The van der Waals surface area contributed by atoms with E-state index in [0.717, 1.165) is 15.6 Å². The lowest BCUT2D eigenvalue weighted by Crippen LogP contribution is -2.20. The smallest absolute Gasteiger partial charge is 0.123 e. The van der Waals surface area contributed by atoms with Crippen molar-refractivity contribution in [2.45, 2.75) is 13.5 Å². The largest absolute Gasteiger partial charge is 0.507 e. The molecular formula is C12H18BrNO3. The van der Waals surface area contributed by atoms with Crippen LogP contribution in [-0.2, 0) is 11.3 Å². The topological polar surface area (TPSA) is 61.7 Å². The number of hydrogen-bond donors (Lipinski definition) is 3. The molecule has 0 radical (unpaired) electrons. The highest BCUT2D eigenvalue weighted by Gasteiger charge is 2.05. The normalized spacial score (nSPS) is 10.8. The number of ether oxygens (including phenoxy) is 1. The van der Waals surface area contributed by atoms with Gasteiger partial charge in [-0.15, -0.1) is 0 Å². The van der Waals surface area contributed by atoms with Crippen LogP contribution in [0.25, 0.3) is 0 Å². The van der Waals surface area contributed by atoms with Gasteiger partial charge in [-0.25, -0.2) is 0 Å². The molecule has 1 aromatic rings. The van der Waals surface area contributed by atoms with E-state index in [4.69, 9.17) is 9.84 Å². The van der Waals surface area contributed by atoms with Gasteiger partial charge in [0.15, 0.2) is 0 Å². The van der Waals surface area contributed by atoms with Gasteiger partial charge in [-0.3, -0.25) is 0 Å². The highest BCUT2D eigenvalue weighted by molar-refractivity contribution is 9.10. The van der Waals surface area contributed by atoms with Crippen LogP contribution in [0.3, 0.4) is 0 Å². The summed E-state index contributed by atoms with van der Waals surface area (Å²) in [4.78, 5) is 0. The average molecular weight is 304 g/mol. The van der Waals surface area contributed by atoms with Crippen LogP contribution < -0.4 is 5.32 Å². The summed E-state index contributed by atoms with van der Waals surface area (Å²) in [5.41, 5.74) is 1.71. The minimum absolute atomic E-state index is 0.0472. The summed E-state index contributed by atoms with van der Waals surface area (Å²) in [6.07, 6.45) is 0. The van der Waals surface area contributed by atoms with E-state index in [0.29, 0.717) is 32.1 Å². The molecule has 0 saturated carbocycles. The molecule has 0 spiro atoms. The van der Waals surface area contributed by atoms with E-state index in [1.54, 1.807) is 0 Å². The van der Waals surface area contributed by atoms with Crippen LogP contribution in [0.1, 0.15) is 11.1 Å². The molecule has 0 fully saturated rings. The predicted octanol–water partition coefficient (Wildman–Crippen LogP) is 1.56. The predicted molar refractivity (Wildman–Crippen MR) is 70.2 cm³/mol. The molecule has 0 atom stereocenters. The molecule has 0 aliphatic carbocycles. The molecule has 0 unspecified atom stereocenters. The quantitative estimate of drug-likeness (QED) is 0.669. The first kappa shape index (κ1) is 14.4. The Morgan fingerprint density at radius 3 is 2.82 bits per heavy atom. The minimum atomic E-state index is 0.0472. The number of halogens is 1. The highest BCUT2D eigenvalue weighted by atomic mass is 79.9. The Balaban J connectivity index is 2.36. The molecule has 5 heteroatoms. The molecule has 4 nitrogen and oxygen atoms in total. The maximum Gasteiger partial charge on any atom is 0.123 e. The fraction of sp³-hybridized carbons (Fsp3) is 0.500. The SMILES string of the molecule is Cc1cc(Br)cc(CNCCOCCO)c1O. The minimum Gasteiger partial charge on any atom is -0.507 e.